The van der Waals surface area contributed by atoms with Gasteiger partial charge in [0.25, 0.3) is 0 Å². The minimum atomic E-state index is -2.21. The Morgan fingerprint density at radius 2 is 1.18 bits per heavy atom. The van der Waals surface area contributed by atoms with Gasteiger partial charge in [0, 0.05) is 17.5 Å². The average Bonchev–Trinajstić information content (AvgIpc) is 3.22. The predicted octanol–water partition coefficient (Wildman–Crippen LogP) is 8.89. The number of ether oxygens (including phenoxy) is 1. The number of aldehydes is 2. The number of carbonyl (C=O) groups is 2. The Hall–Kier alpha value is -1.55. The first-order valence-electron chi connectivity index (χ1n) is 14.9. The molecule has 0 unspecified atom stereocenters. The van der Waals surface area contributed by atoms with E-state index in [1.165, 1.54) is 0 Å². The van der Waals surface area contributed by atoms with Crippen molar-refractivity contribution in [2.24, 2.45) is 0 Å². The van der Waals surface area contributed by atoms with E-state index >= 15 is 0 Å². The summed E-state index contributed by atoms with van der Waals surface area (Å²) < 4.78 is 20.9. The van der Waals surface area contributed by atoms with Gasteiger partial charge in [-0.15, -0.1) is 0 Å². The molecule has 0 bridgehead atoms. The van der Waals surface area contributed by atoms with Crippen molar-refractivity contribution in [3.8, 4) is 0 Å². The quantitative estimate of drug-likeness (QED) is 0.155. The van der Waals surface area contributed by atoms with E-state index in [9.17, 15) is 9.59 Å². The van der Waals surface area contributed by atoms with E-state index in [1.807, 2.05) is 0 Å². The minimum Gasteiger partial charge on any atom is -0.489 e. The summed E-state index contributed by atoms with van der Waals surface area (Å²) in [5.41, 5.74) is 4.44. The van der Waals surface area contributed by atoms with Crippen molar-refractivity contribution in [1.29, 1.82) is 0 Å². The second kappa shape index (κ2) is 13.9. The molecule has 2 atom stereocenters. The van der Waals surface area contributed by atoms with Gasteiger partial charge in [-0.2, -0.15) is 0 Å². The Balaban J connectivity index is 2.52. The van der Waals surface area contributed by atoms with Crippen molar-refractivity contribution in [2.75, 3.05) is 6.61 Å². The normalized spacial score (nSPS) is 18.6. The Labute approximate surface area is 240 Å². The molecule has 0 saturated heterocycles. The van der Waals surface area contributed by atoms with Crippen LogP contribution in [0.25, 0.3) is 0 Å². The van der Waals surface area contributed by atoms with Crippen LogP contribution in [0.3, 0.4) is 0 Å². The van der Waals surface area contributed by atoms with E-state index in [1.54, 1.807) is 18.2 Å². The van der Waals surface area contributed by atoms with Crippen molar-refractivity contribution < 1.29 is 23.2 Å². The van der Waals surface area contributed by atoms with Crippen LogP contribution >= 0.6 is 0 Å². The zero-order valence-electron chi connectivity index (χ0n) is 26.5. The smallest absolute Gasteiger partial charge is 0.201 e. The van der Waals surface area contributed by atoms with Crippen molar-refractivity contribution in [2.45, 2.75) is 135 Å². The minimum absolute atomic E-state index is 0.236. The van der Waals surface area contributed by atoms with Gasteiger partial charge in [-0.05, 0) is 44.9 Å². The van der Waals surface area contributed by atoms with Crippen molar-refractivity contribution >= 4 is 29.2 Å². The topological polar surface area (TPSA) is 61.8 Å². The lowest BCUT2D eigenvalue weighted by Gasteiger charge is -2.45. The lowest BCUT2D eigenvalue weighted by molar-refractivity contribution is 0.0163. The van der Waals surface area contributed by atoms with Gasteiger partial charge in [0.2, 0.25) is 16.6 Å². The first-order chi connectivity index (χ1) is 18.2. The maximum absolute atomic E-state index is 11.8. The monoisotopic (exact) mass is 574 g/mol. The van der Waals surface area contributed by atoms with Gasteiger partial charge in [0.1, 0.15) is 24.8 Å². The Bertz CT molecular complexity index is 926. The molecule has 1 aliphatic heterocycles. The number of carbonyl (C=O) groups excluding carboxylic acids is 2. The summed E-state index contributed by atoms with van der Waals surface area (Å²) in [5.74, 6) is 0.746. The number of rotatable bonds is 15. The van der Waals surface area contributed by atoms with E-state index in [4.69, 9.17) is 13.6 Å². The molecule has 0 saturated carbocycles. The summed E-state index contributed by atoms with van der Waals surface area (Å²) in [6.45, 7) is 28.0. The van der Waals surface area contributed by atoms with Gasteiger partial charge in [0.15, 0.2) is 0 Å². The zero-order valence-corrected chi connectivity index (χ0v) is 28.5. The molecule has 220 valence electrons. The molecular weight excluding hydrogens is 521 g/mol. The molecular formula is C32H54O5Si2. The molecule has 2 rings (SSSR count). The average molecular weight is 575 g/mol. The predicted molar refractivity (Wildman–Crippen MR) is 167 cm³/mol. The number of allylic oxidation sites excluding steroid dienone is 1. The molecule has 1 heterocycles. The Morgan fingerprint density at radius 3 is 1.56 bits per heavy atom. The van der Waals surface area contributed by atoms with E-state index in [0.717, 1.165) is 18.3 Å². The summed E-state index contributed by atoms with van der Waals surface area (Å²) in [6.07, 6.45) is 3.60. The Kier molecular flexibility index (Phi) is 12.0. The highest BCUT2D eigenvalue weighted by Gasteiger charge is 2.50. The highest BCUT2D eigenvalue weighted by Crippen LogP contribution is 2.46. The van der Waals surface area contributed by atoms with Gasteiger partial charge >= 0.3 is 0 Å². The van der Waals surface area contributed by atoms with Crippen LogP contribution in [0.1, 0.15) is 109 Å². The first kappa shape index (κ1) is 33.7. The molecule has 0 aliphatic carbocycles. The first-order valence-corrected chi connectivity index (χ1v) is 19.2. The zero-order chi connectivity index (χ0) is 29.7. The standard InChI is InChI=1S/C32H54O5Si2/c1-21(2)38(22(3)4,23(5)6)35-20-32-31(37-39(24(7)8,25(9)10)26(11)12)17-29(36-32)16-30-27(18-33)14-13-15-28(30)19-34/h13-15,17-19,21-26,31-32H,16,20H2,1-12H3/t31-,32+/m0/s1. The highest BCUT2D eigenvalue weighted by molar-refractivity contribution is 6.78. The maximum Gasteiger partial charge on any atom is 0.201 e. The van der Waals surface area contributed by atoms with Gasteiger partial charge in [-0.1, -0.05) is 101 Å². The summed E-state index contributed by atoms with van der Waals surface area (Å²) in [4.78, 5) is 23.6. The highest BCUT2D eigenvalue weighted by atomic mass is 28.4. The van der Waals surface area contributed by atoms with Crippen LogP contribution < -0.4 is 0 Å². The maximum atomic E-state index is 11.8. The number of benzene rings is 1. The van der Waals surface area contributed by atoms with E-state index < -0.39 is 16.6 Å². The van der Waals surface area contributed by atoms with E-state index in [-0.39, 0.29) is 12.2 Å². The summed E-state index contributed by atoms with van der Waals surface area (Å²) in [5, 5.41) is 0. The third-order valence-electron chi connectivity index (χ3n) is 9.12. The fourth-order valence-corrected chi connectivity index (χ4v) is 18.5. The van der Waals surface area contributed by atoms with E-state index in [0.29, 0.717) is 63.0 Å². The van der Waals surface area contributed by atoms with Gasteiger partial charge < -0.3 is 13.6 Å². The van der Waals surface area contributed by atoms with Crippen LogP contribution in [-0.2, 0) is 20.0 Å². The molecule has 0 N–H and O–H groups in total. The molecule has 0 amide bonds. The fraction of sp³-hybridized carbons (Fsp3) is 0.688. The summed E-state index contributed by atoms with van der Waals surface area (Å²) in [6, 6.07) is 5.24. The molecule has 5 nitrogen and oxygen atoms in total. The second-order valence-corrected chi connectivity index (χ2v) is 24.0. The van der Waals surface area contributed by atoms with Crippen molar-refractivity contribution in [3.05, 3.63) is 46.7 Å². The number of hydrogen-bond acceptors (Lipinski definition) is 5. The molecule has 0 fully saturated rings. The molecule has 1 aromatic rings. The SMILES string of the molecule is CC(C)[Si](OC[C@H]1OC(Cc2c(C=O)cccc2C=O)=C[C@@H]1O[Si](C(C)C)(C(C)C)C(C)C)(C(C)C)C(C)C. The van der Waals surface area contributed by atoms with Crippen LogP contribution in [0.4, 0.5) is 0 Å². The van der Waals surface area contributed by atoms with Gasteiger partial charge in [-0.25, -0.2) is 0 Å². The molecule has 1 aromatic carbocycles. The summed E-state index contributed by atoms with van der Waals surface area (Å²) in [7, 11) is -4.33. The van der Waals surface area contributed by atoms with Crippen LogP contribution in [-0.4, -0.2) is 48.0 Å². The second-order valence-electron chi connectivity index (χ2n) is 13.1. The molecule has 1 aliphatic rings. The van der Waals surface area contributed by atoms with Crippen LogP contribution in [0.15, 0.2) is 30.0 Å². The van der Waals surface area contributed by atoms with Gasteiger partial charge in [0.05, 0.1) is 12.4 Å². The molecule has 7 heteroatoms. The van der Waals surface area contributed by atoms with Crippen LogP contribution in [0.2, 0.25) is 33.2 Å². The molecule has 39 heavy (non-hydrogen) atoms. The lowest BCUT2D eigenvalue weighted by Crippen LogP contribution is -2.53. The molecule has 0 spiro atoms. The van der Waals surface area contributed by atoms with Crippen LogP contribution in [0, 0.1) is 0 Å². The lowest BCUT2D eigenvalue weighted by atomic mass is 9.98. The molecule has 0 radical (unpaired) electrons. The van der Waals surface area contributed by atoms with Crippen LogP contribution in [0.5, 0.6) is 0 Å². The Morgan fingerprint density at radius 1 is 0.744 bits per heavy atom. The third-order valence-corrected chi connectivity index (χ3v) is 21.3. The van der Waals surface area contributed by atoms with Crippen molar-refractivity contribution in [1.82, 2.24) is 0 Å². The largest absolute Gasteiger partial charge is 0.489 e. The van der Waals surface area contributed by atoms with E-state index in [2.05, 4.69) is 89.2 Å². The van der Waals surface area contributed by atoms with Gasteiger partial charge in [-0.3, -0.25) is 9.59 Å². The molecule has 0 aromatic heterocycles. The fourth-order valence-electron chi connectivity index (χ4n) is 7.52. The number of hydrogen-bond donors (Lipinski definition) is 0. The van der Waals surface area contributed by atoms with Crippen molar-refractivity contribution in [3.63, 3.8) is 0 Å². The summed E-state index contributed by atoms with van der Waals surface area (Å²) >= 11 is 0. The third kappa shape index (κ3) is 6.85.